The van der Waals surface area contributed by atoms with Crippen LogP contribution in [0.3, 0.4) is 0 Å². The van der Waals surface area contributed by atoms with Crippen molar-refractivity contribution in [3.63, 3.8) is 0 Å². The molecule has 12 aliphatic rings. The molecular weight excluding hydrogens is 1250 g/mol. The molecule has 506 valence electrons. The number of carbonyl (C=O) groups excluding carboxylic acids is 8. The van der Waals surface area contributed by atoms with E-state index in [1.165, 1.54) is 30.4 Å². The largest absolute Gasteiger partial charge is 0.514 e. The Bertz CT molecular complexity index is 3860. The minimum Gasteiger partial charge on any atom is -0.504 e. The number of rotatable bonds is 15. The Labute approximate surface area is 552 Å². The van der Waals surface area contributed by atoms with Crippen LogP contribution >= 0.6 is 0 Å². The molecule has 3 N–H and O–H groups in total. The number of benzene rings is 3. The van der Waals surface area contributed by atoms with Crippen molar-refractivity contribution >= 4 is 48.0 Å². The van der Waals surface area contributed by atoms with Crippen LogP contribution in [0.25, 0.3) is 0 Å². The fraction of sp³-hybridized carbons (Fsp3) is 0.465. The highest BCUT2D eigenvalue weighted by atomic mass is 16.7. The molecule has 25 nitrogen and oxygen atoms in total. The summed E-state index contributed by atoms with van der Waals surface area (Å²) < 4.78 is 61.1. The summed E-state index contributed by atoms with van der Waals surface area (Å²) in [6.45, 7) is 23.5. The van der Waals surface area contributed by atoms with Gasteiger partial charge in [0.1, 0.15) is 33.0 Å². The minimum atomic E-state index is -1.39. The maximum absolute atomic E-state index is 13.4. The van der Waals surface area contributed by atoms with Gasteiger partial charge in [0.15, 0.2) is 75.8 Å². The summed E-state index contributed by atoms with van der Waals surface area (Å²) in [7, 11) is 0. The number of phenols is 1. The molecule has 12 atom stereocenters. The number of ketones is 3. The second-order valence-electron chi connectivity index (χ2n) is 26.0. The standard InChI is InChI=1S/C28H29NO10.C24H25NO8.C19H21NO4/c1-4-13-34-24(31)29-12-11-27-21-17-7-8-19(37-25(32)35-14-5-2)22(21)38-23(27)18(30)9-10-28(27,20(29)16-17)39-26(33)36-15-6-3;1-3-11-30-21(27)25-10-9-23-18-14-5-6-16(32-22(28)31-12-4-2)19(18)33-20(23)15(26)7-8-24(23,29)17(25)13-14;1-2-8-20-9-7-18-15-11-3-4-12(21)16(15)24-17(18)13(22)5-6-19(18,23)14(20)10-11/h4-8,20,23H,1-3,9-16H2;3-6,17,20,29H,1-2,7-13H2;2-4,14,17,21,23H,1,5-10H2/t20-,23+,27+,28?;17-,20+,23+,24?;14-,17+,18+,19?/m111/s1. The fourth-order valence-corrected chi connectivity index (χ4v) is 18.4. The van der Waals surface area contributed by atoms with Gasteiger partial charge in [-0.25, -0.2) is 24.0 Å². The molecule has 0 aromatic heterocycles. The number of piperidine rings is 3. The molecule has 6 aliphatic carbocycles. The molecule has 3 unspecified atom stereocenters. The van der Waals surface area contributed by atoms with Gasteiger partial charge in [-0.2, -0.15) is 0 Å². The Hall–Kier alpha value is -9.46. The number of nitrogens with zero attached hydrogens (tertiary/aromatic N) is 3. The van der Waals surface area contributed by atoms with E-state index in [4.69, 9.17) is 52.1 Å². The predicted octanol–water partition coefficient (Wildman–Crippen LogP) is 7.52. The quantitative estimate of drug-likeness (QED) is 0.0573. The predicted molar refractivity (Wildman–Crippen MR) is 336 cm³/mol. The highest BCUT2D eigenvalue weighted by Gasteiger charge is 2.78. The van der Waals surface area contributed by atoms with Gasteiger partial charge in [0.25, 0.3) is 0 Å². The molecule has 6 fully saturated rings. The molecule has 6 bridgehead atoms. The number of Topliss-reactive ketones (excluding diaryl/α,β-unsaturated/α-hetero) is 3. The molecule has 3 saturated heterocycles. The van der Waals surface area contributed by atoms with Crippen molar-refractivity contribution in [1.82, 2.24) is 14.7 Å². The highest BCUT2D eigenvalue weighted by molar-refractivity contribution is 5.93. The third-order valence-corrected chi connectivity index (χ3v) is 21.9. The van der Waals surface area contributed by atoms with E-state index in [-0.39, 0.29) is 130 Å². The van der Waals surface area contributed by atoms with Gasteiger partial charge in [0.05, 0.1) is 39.5 Å². The van der Waals surface area contributed by atoms with E-state index in [1.807, 2.05) is 12.1 Å². The first-order valence-electron chi connectivity index (χ1n) is 32.2. The van der Waals surface area contributed by atoms with Crippen molar-refractivity contribution in [3.8, 4) is 34.5 Å². The molecule has 2 amide bonds. The van der Waals surface area contributed by atoms with Gasteiger partial charge in [0, 0.05) is 68.2 Å². The Morgan fingerprint density at radius 3 is 1.42 bits per heavy atom. The Kier molecular flexibility index (Phi) is 16.7. The van der Waals surface area contributed by atoms with Crippen molar-refractivity contribution in [2.45, 2.75) is 147 Å². The maximum Gasteiger partial charge on any atom is 0.514 e. The lowest BCUT2D eigenvalue weighted by molar-refractivity contribution is -0.191. The number of amides is 2. The maximum atomic E-state index is 13.4. The zero-order valence-electron chi connectivity index (χ0n) is 52.9. The number of hydrogen-bond acceptors (Lipinski definition) is 23. The zero-order chi connectivity index (χ0) is 67.9. The lowest BCUT2D eigenvalue weighted by atomic mass is 9.49. The van der Waals surface area contributed by atoms with Crippen LogP contribution in [0.4, 0.5) is 24.0 Å². The lowest BCUT2D eigenvalue weighted by Gasteiger charge is -2.62. The van der Waals surface area contributed by atoms with E-state index >= 15 is 0 Å². The first-order valence-corrected chi connectivity index (χ1v) is 32.2. The van der Waals surface area contributed by atoms with E-state index in [0.717, 1.165) is 35.3 Å². The monoisotopic (exact) mass is 1320 g/mol. The van der Waals surface area contributed by atoms with E-state index in [0.29, 0.717) is 61.9 Å². The van der Waals surface area contributed by atoms with Crippen LogP contribution in [0.15, 0.2) is 112 Å². The van der Waals surface area contributed by atoms with E-state index in [1.54, 1.807) is 40.1 Å². The molecule has 15 rings (SSSR count). The first-order chi connectivity index (χ1) is 46.2. The van der Waals surface area contributed by atoms with Gasteiger partial charge >= 0.3 is 30.7 Å². The van der Waals surface area contributed by atoms with Crippen LogP contribution in [0.2, 0.25) is 0 Å². The SMILES string of the molecule is C=CCN1CC[C@]23c4c5ccc(O)c4O[C@H]2C(=O)CCC3(O)[C@H]1C5.C=CCOC(=O)Oc1ccc2c3c1O[C@H]1C(=O)CCC4(O)[C@@H](C2)N(C(=O)OCC=C)CC[C@]314.C=CCOC(=O)Oc1ccc2c3c1O[C@H]1C(=O)CCC4(OC(=O)OCC=C)[C@@H](C2)N(C(=O)OCC=C)CC[C@]314. The van der Waals surface area contributed by atoms with Gasteiger partial charge in [-0.15, -0.1) is 6.58 Å². The molecule has 3 spiro atoms. The molecule has 6 heterocycles. The fourth-order valence-electron chi connectivity index (χ4n) is 18.4. The van der Waals surface area contributed by atoms with Gasteiger partial charge in [-0.3, -0.25) is 19.3 Å². The van der Waals surface area contributed by atoms with Crippen LogP contribution in [0.5, 0.6) is 34.5 Å². The number of likely N-dealkylation sites (tertiary alicyclic amines) is 3. The minimum absolute atomic E-state index is 0.00969. The summed E-state index contributed by atoms with van der Waals surface area (Å²) in [6, 6.07) is 8.94. The van der Waals surface area contributed by atoms with E-state index in [2.05, 4.69) is 44.4 Å². The zero-order valence-corrected chi connectivity index (χ0v) is 52.9. The van der Waals surface area contributed by atoms with E-state index in [9.17, 15) is 53.7 Å². The molecule has 3 saturated carbocycles. The van der Waals surface area contributed by atoms with Crippen molar-refractivity contribution in [2.75, 3.05) is 59.2 Å². The lowest BCUT2D eigenvalue weighted by Crippen LogP contribution is -2.78. The van der Waals surface area contributed by atoms with Crippen molar-refractivity contribution in [2.24, 2.45) is 0 Å². The molecule has 3 aromatic carbocycles. The van der Waals surface area contributed by atoms with Gasteiger partial charge in [-0.05, 0) is 92.7 Å². The molecule has 96 heavy (non-hydrogen) atoms. The average Bonchev–Trinajstić information content (AvgIpc) is 1.37. The second-order valence-corrected chi connectivity index (χ2v) is 26.0. The third-order valence-electron chi connectivity index (χ3n) is 21.9. The average molecular weight is 1320 g/mol. The molecule has 3 aromatic rings. The number of aromatic hydroxyl groups is 1. The van der Waals surface area contributed by atoms with Crippen LogP contribution in [-0.4, -0.2) is 190 Å². The summed E-state index contributed by atoms with van der Waals surface area (Å²) in [5, 5.41) is 34.2. The smallest absolute Gasteiger partial charge is 0.504 e. The Morgan fingerprint density at radius 2 is 0.885 bits per heavy atom. The van der Waals surface area contributed by atoms with Crippen molar-refractivity contribution in [1.29, 1.82) is 0 Å². The molecule has 0 radical (unpaired) electrons. The van der Waals surface area contributed by atoms with E-state index < -0.39 is 94.1 Å². The van der Waals surface area contributed by atoms with Crippen LogP contribution in [-0.2, 0) is 78.3 Å². The summed E-state index contributed by atoms with van der Waals surface area (Å²) in [5.74, 6) is 0.937. The summed E-state index contributed by atoms with van der Waals surface area (Å²) in [4.78, 5) is 108. The van der Waals surface area contributed by atoms with Crippen LogP contribution in [0.1, 0.15) is 91.2 Å². The second kappa shape index (κ2) is 24.6. The number of aliphatic hydroxyl groups is 2. The van der Waals surface area contributed by atoms with Crippen LogP contribution in [0, 0.1) is 0 Å². The molecular formula is C71H75N3O22. The Balaban J connectivity index is 0.000000134. The number of hydrogen-bond donors (Lipinski definition) is 3. The Morgan fingerprint density at radius 1 is 0.479 bits per heavy atom. The number of phenolic OH excluding ortho intramolecular Hbond substituents is 1. The van der Waals surface area contributed by atoms with Gasteiger partial charge < -0.3 is 77.2 Å². The summed E-state index contributed by atoms with van der Waals surface area (Å²) in [5.41, 5.74) is -1.77. The van der Waals surface area contributed by atoms with Gasteiger partial charge in [0.2, 0.25) is 0 Å². The summed E-state index contributed by atoms with van der Waals surface area (Å²) >= 11 is 0. The highest BCUT2D eigenvalue weighted by Crippen LogP contribution is 2.69. The topological polar surface area (TPSA) is 308 Å². The first kappa shape index (κ1) is 65.2. The molecule has 6 aliphatic heterocycles. The van der Waals surface area contributed by atoms with Gasteiger partial charge in [-0.1, -0.05) is 87.5 Å². The number of carbonyl (C=O) groups is 8. The summed E-state index contributed by atoms with van der Waals surface area (Å²) in [6.07, 6.45) is 6.29. The van der Waals surface area contributed by atoms with Crippen molar-refractivity contribution in [3.05, 3.63) is 146 Å². The number of ether oxygens (including phenoxy) is 11. The molecule has 25 heteroatoms. The van der Waals surface area contributed by atoms with Crippen LogP contribution < -0.4 is 23.7 Å². The van der Waals surface area contributed by atoms with Crippen molar-refractivity contribution < 1.29 is 106 Å². The normalized spacial score (nSPS) is 31.4. The third kappa shape index (κ3) is 9.40.